The maximum atomic E-state index is 11.7. The molecule has 1 aromatic heterocycles. The van der Waals surface area contributed by atoms with Crippen molar-refractivity contribution in [1.29, 1.82) is 0 Å². The minimum absolute atomic E-state index is 0.0488. The molecule has 7 nitrogen and oxygen atoms in total. The van der Waals surface area contributed by atoms with E-state index in [1.54, 1.807) is 13.1 Å². The Balaban J connectivity index is 2.09. The van der Waals surface area contributed by atoms with Crippen LogP contribution in [-0.4, -0.2) is 59.3 Å². The average molecular weight is 372 g/mol. The van der Waals surface area contributed by atoms with E-state index >= 15 is 0 Å². The smallest absolute Gasteiger partial charge is 0.407 e. The molecule has 0 radical (unpaired) electrons. The molecule has 22 heavy (non-hydrogen) atoms. The van der Waals surface area contributed by atoms with Crippen LogP contribution in [0.25, 0.3) is 0 Å². The molecule has 1 atom stereocenters. The van der Waals surface area contributed by atoms with Crippen LogP contribution >= 0.6 is 15.9 Å². The van der Waals surface area contributed by atoms with Crippen molar-refractivity contribution in [3.8, 4) is 0 Å². The summed E-state index contributed by atoms with van der Waals surface area (Å²) in [4.78, 5) is 30.6. The van der Waals surface area contributed by atoms with Crippen molar-refractivity contribution >= 4 is 33.8 Å². The van der Waals surface area contributed by atoms with E-state index in [1.165, 1.54) is 4.90 Å². The third-order valence-electron chi connectivity index (χ3n) is 3.47. The number of hydrogen-bond donors (Lipinski definition) is 1. The predicted molar refractivity (Wildman–Crippen MR) is 83.9 cm³/mol. The second-order valence-corrected chi connectivity index (χ2v) is 5.84. The first-order valence-electron chi connectivity index (χ1n) is 7.03. The summed E-state index contributed by atoms with van der Waals surface area (Å²) in [5.74, 6) is 0.381. The minimum Gasteiger partial charge on any atom is -0.466 e. The monoisotopic (exact) mass is 371 g/mol. The zero-order chi connectivity index (χ0) is 16.1. The molecular weight excluding hydrogens is 354 g/mol. The van der Waals surface area contributed by atoms with Crippen LogP contribution in [0.2, 0.25) is 0 Å². The van der Waals surface area contributed by atoms with E-state index in [-0.39, 0.29) is 19.0 Å². The van der Waals surface area contributed by atoms with Gasteiger partial charge in [0.1, 0.15) is 5.82 Å². The highest BCUT2D eigenvalue weighted by molar-refractivity contribution is 9.10. The van der Waals surface area contributed by atoms with E-state index in [0.29, 0.717) is 19.6 Å². The molecule has 1 amide bonds. The number of halogens is 1. The van der Waals surface area contributed by atoms with Gasteiger partial charge < -0.3 is 19.6 Å². The second-order valence-electron chi connectivity index (χ2n) is 4.92. The fraction of sp³-hybridized carbons (Fsp3) is 0.500. The quantitative estimate of drug-likeness (QED) is 0.814. The molecule has 1 aliphatic rings. The minimum atomic E-state index is -1.02. The average Bonchev–Trinajstić information content (AvgIpc) is 2.48. The number of rotatable bonds is 4. The van der Waals surface area contributed by atoms with Crippen molar-refractivity contribution in [1.82, 2.24) is 9.88 Å². The Hall–Kier alpha value is -1.83. The highest BCUT2D eigenvalue weighted by Gasteiger charge is 2.32. The van der Waals surface area contributed by atoms with Crippen molar-refractivity contribution in [2.24, 2.45) is 0 Å². The van der Waals surface area contributed by atoms with Gasteiger partial charge in [-0.3, -0.25) is 4.79 Å². The molecule has 1 saturated heterocycles. The first-order valence-corrected chi connectivity index (χ1v) is 7.82. The SMILES string of the molecule is CCOC(=O)CC1CN(c2ccc(Br)cn2)CCN1C(=O)O. The third kappa shape index (κ3) is 4.09. The third-order valence-corrected chi connectivity index (χ3v) is 3.94. The molecule has 2 rings (SSSR count). The zero-order valence-corrected chi connectivity index (χ0v) is 13.8. The lowest BCUT2D eigenvalue weighted by atomic mass is 10.1. The number of aromatic nitrogens is 1. The van der Waals surface area contributed by atoms with Gasteiger partial charge in [-0.25, -0.2) is 9.78 Å². The fourth-order valence-electron chi connectivity index (χ4n) is 2.46. The Morgan fingerprint density at radius 2 is 2.23 bits per heavy atom. The Morgan fingerprint density at radius 3 is 2.82 bits per heavy atom. The van der Waals surface area contributed by atoms with Crippen molar-refractivity contribution < 1.29 is 19.4 Å². The highest BCUT2D eigenvalue weighted by Crippen LogP contribution is 2.20. The zero-order valence-electron chi connectivity index (χ0n) is 12.2. The number of carboxylic acid groups (broad SMARTS) is 1. The standard InChI is InChI=1S/C14H18BrN3O4/c1-2-22-13(19)7-11-9-17(5-6-18(11)14(20)21)12-4-3-10(15)8-16-12/h3-4,8,11H,2,5-7,9H2,1H3,(H,20,21). The molecule has 0 aromatic carbocycles. The maximum Gasteiger partial charge on any atom is 0.407 e. The number of carbonyl (C=O) groups is 2. The first kappa shape index (κ1) is 16.5. The van der Waals surface area contributed by atoms with E-state index in [4.69, 9.17) is 4.74 Å². The molecule has 8 heteroatoms. The van der Waals surface area contributed by atoms with Crippen LogP contribution in [-0.2, 0) is 9.53 Å². The summed E-state index contributed by atoms with van der Waals surface area (Å²) >= 11 is 3.33. The topological polar surface area (TPSA) is 83.0 Å². The normalized spacial score (nSPS) is 18.2. The van der Waals surface area contributed by atoms with Gasteiger partial charge in [-0.2, -0.15) is 0 Å². The van der Waals surface area contributed by atoms with Crippen LogP contribution in [0.1, 0.15) is 13.3 Å². The summed E-state index contributed by atoms with van der Waals surface area (Å²) in [6, 6.07) is 3.31. The Labute approximate surface area is 137 Å². The first-order chi connectivity index (χ1) is 10.5. The van der Waals surface area contributed by atoms with Crippen molar-refractivity contribution in [2.45, 2.75) is 19.4 Å². The van der Waals surface area contributed by atoms with Crippen LogP contribution < -0.4 is 4.90 Å². The van der Waals surface area contributed by atoms with E-state index < -0.39 is 12.1 Å². The van der Waals surface area contributed by atoms with Gasteiger partial charge in [0.15, 0.2) is 0 Å². The van der Waals surface area contributed by atoms with Crippen molar-refractivity contribution in [3.63, 3.8) is 0 Å². The second kappa shape index (κ2) is 7.44. The Kier molecular flexibility index (Phi) is 5.59. The lowest BCUT2D eigenvalue weighted by Gasteiger charge is -2.40. The number of piperazine rings is 1. The Morgan fingerprint density at radius 1 is 1.45 bits per heavy atom. The van der Waals surface area contributed by atoms with Crippen LogP contribution in [0.5, 0.6) is 0 Å². The molecule has 0 bridgehead atoms. The number of amides is 1. The summed E-state index contributed by atoms with van der Waals surface area (Å²) in [5, 5.41) is 9.28. The molecule has 0 aliphatic carbocycles. The molecule has 1 aliphatic heterocycles. The largest absolute Gasteiger partial charge is 0.466 e. The number of anilines is 1. The maximum absolute atomic E-state index is 11.7. The fourth-order valence-corrected chi connectivity index (χ4v) is 2.69. The van der Waals surface area contributed by atoms with Gasteiger partial charge in [0, 0.05) is 30.3 Å². The number of nitrogens with zero attached hydrogens (tertiary/aromatic N) is 3. The highest BCUT2D eigenvalue weighted by atomic mass is 79.9. The van der Waals surface area contributed by atoms with Crippen molar-refractivity contribution in [3.05, 3.63) is 22.8 Å². The molecule has 1 N–H and O–H groups in total. The van der Waals surface area contributed by atoms with E-state index in [0.717, 1.165) is 10.3 Å². The van der Waals surface area contributed by atoms with Gasteiger partial charge >= 0.3 is 12.1 Å². The molecule has 1 aromatic rings. The van der Waals surface area contributed by atoms with Gasteiger partial charge in [0.25, 0.3) is 0 Å². The molecule has 120 valence electrons. The van der Waals surface area contributed by atoms with E-state index in [9.17, 15) is 14.7 Å². The van der Waals surface area contributed by atoms with E-state index in [1.807, 2.05) is 17.0 Å². The molecule has 0 spiro atoms. The number of hydrogen-bond acceptors (Lipinski definition) is 5. The summed E-state index contributed by atoms with van der Waals surface area (Å²) in [5.41, 5.74) is 0. The van der Waals surface area contributed by atoms with Crippen LogP contribution in [0.3, 0.4) is 0 Å². The number of carbonyl (C=O) groups excluding carboxylic acids is 1. The molecule has 1 unspecified atom stereocenters. The molecule has 0 saturated carbocycles. The molecule has 2 heterocycles. The molecule has 1 fully saturated rings. The van der Waals surface area contributed by atoms with Crippen LogP contribution in [0.15, 0.2) is 22.8 Å². The van der Waals surface area contributed by atoms with Gasteiger partial charge in [-0.1, -0.05) is 0 Å². The van der Waals surface area contributed by atoms with Gasteiger partial charge in [0.2, 0.25) is 0 Å². The lowest BCUT2D eigenvalue weighted by molar-refractivity contribution is -0.144. The lowest BCUT2D eigenvalue weighted by Crippen LogP contribution is -2.55. The van der Waals surface area contributed by atoms with E-state index in [2.05, 4.69) is 20.9 Å². The summed E-state index contributed by atoms with van der Waals surface area (Å²) in [6.45, 7) is 3.31. The molecular formula is C14H18BrN3O4. The van der Waals surface area contributed by atoms with Gasteiger partial charge in [0.05, 0.1) is 19.1 Å². The number of esters is 1. The van der Waals surface area contributed by atoms with Gasteiger partial charge in [-0.05, 0) is 35.0 Å². The van der Waals surface area contributed by atoms with Crippen LogP contribution in [0, 0.1) is 0 Å². The van der Waals surface area contributed by atoms with Gasteiger partial charge in [-0.15, -0.1) is 0 Å². The van der Waals surface area contributed by atoms with Crippen LogP contribution in [0.4, 0.5) is 10.6 Å². The summed E-state index contributed by atoms with van der Waals surface area (Å²) in [7, 11) is 0. The predicted octanol–water partition coefficient (Wildman–Crippen LogP) is 1.97. The summed E-state index contributed by atoms with van der Waals surface area (Å²) < 4.78 is 5.81. The Bertz CT molecular complexity index is 537. The number of pyridine rings is 1. The number of ether oxygens (including phenoxy) is 1. The summed E-state index contributed by atoms with van der Waals surface area (Å²) in [6.07, 6.45) is 0.726. The van der Waals surface area contributed by atoms with Crippen molar-refractivity contribution in [2.75, 3.05) is 31.1 Å².